The van der Waals surface area contributed by atoms with Crippen molar-refractivity contribution in [3.05, 3.63) is 120 Å². The van der Waals surface area contributed by atoms with E-state index in [1.807, 2.05) is 18.2 Å². The van der Waals surface area contributed by atoms with Gasteiger partial charge >= 0.3 is 0 Å². The van der Waals surface area contributed by atoms with Gasteiger partial charge in [0.05, 0.1) is 12.5 Å². The summed E-state index contributed by atoms with van der Waals surface area (Å²) in [5, 5.41) is 3.23. The highest BCUT2D eigenvalue weighted by atomic mass is 16.1. The second kappa shape index (κ2) is 10.7. The first-order chi connectivity index (χ1) is 17.6. The van der Waals surface area contributed by atoms with Crippen molar-refractivity contribution in [1.82, 2.24) is 5.32 Å². The molecule has 4 nitrogen and oxygen atoms in total. The largest absolute Gasteiger partial charge is 0.378 e. The number of carbonyl (C=O) groups excluding carboxylic acids is 1. The zero-order valence-electron chi connectivity index (χ0n) is 21.0. The number of para-hydroxylation sites is 1. The minimum atomic E-state index is 0.0462. The van der Waals surface area contributed by atoms with Crippen LogP contribution in [0.3, 0.4) is 0 Å². The number of anilines is 2. The number of hydrogen-bond acceptors (Lipinski definition) is 3. The topological polar surface area (TPSA) is 35.6 Å². The maximum absolute atomic E-state index is 13.0. The summed E-state index contributed by atoms with van der Waals surface area (Å²) in [5.74, 6) is 0.0462. The minimum absolute atomic E-state index is 0.0462. The molecular formula is C32H33N3O. The summed E-state index contributed by atoms with van der Waals surface area (Å²) in [7, 11) is 4.10. The predicted molar refractivity (Wildman–Crippen MR) is 150 cm³/mol. The average molecular weight is 476 g/mol. The van der Waals surface area contributed by atoms with Crippen LogP contribution in [0, 0.1) is 0 Å². The van der Waals surface area contributed by atoms with Crippen LogP contribution in [0.4, 0.5) is 11.4 Å². The van der Waals surface area contributed by atoms with Gasteiger partial charge in [0.1, 0.15) is 0 Å². The molecule has 0 radical (unpaired) electrons. The monoisotopic (exact) mass is 475 g/mol. The molecule has 1 heterocycles. The van der Waals surface area contributed by atoms with Crippen LogP contribution in [-0.4, -0.2) is 33.1 Å². The van der Waals surface area contributed by atoms with Gasteiger partial charge in [-0.05, 0) is 52.4 Å². The van der Waals surface area contributed by atoms with Crippen molar-refractivity contribution in [1.29, 1.82) is 0 Å². The number of nitrogens with zero attached hydrogens (tertiary/aromatic N) is 2. The lowest BCUT2D eigenvalue weighted by molar-refractivity contribution is -0.120. The van der Waals surface area contributed by atoms with E-state index in [-0.39, 0.29) is 11.9 Å². The third-order valence-corrected chi connectivity index (χ3v) is 7.01. The van der Waals surface area contributed by atoms with Gasteiger partial charge < -0.3 is 15.1 Å². The number of nitrogens with one attached hydrogen (secondary N) is 1. The molecule has 4 heteroatoms. The Kier molecular flexibility index (Phi) is 7.03. The lowest BCUT2D eigenvalue weighted by Gasteiger charge is -2.31. The van der Waals surface area contributed by atoms with E-state index < -0.39 is 0 Å². The number of hydrogen-bond donors (Lipinski definition) is 1. The zero-order chi connectivity index (χ0) is 24.9. The summed E-state index contributed by atoms with van der Waals surface area (Å²) < 4.78 is 0. The van der Waals surface area contributed by atoms with E-state index in [0.29, 0.717) is 13.0 Å². The molecule has 1 amide bonds. The maximum atomic E-state index is 13.0. The molecule has 0 spiro atoms. The third kappa shape index (κ3) is 5.28. The van der Waals surface area contributed by atoms with Crippen LogP contribution in [0.1, 0.15) is 22.7 Å². The Morgan fingerprint density at radius 1 is 0.833 bits per heavy atom. The van der Waals surface area contributed by atoms with Crippen LogP contribution in [0.2, 0.25) is 0 Å². The Morgan fingerprint density at radius 2 is 1.50 bits per heavy atom. The molecular weight excluding hydrogens is 442 g/mol. The number of rotatable bonds is 8. The van der Waals surface area contributed by atoms with E-state index in [1.165, 1.54) is 28.1 Å². The minimum Gasteiger partial charge on any atom is -0.378 e. The summed E-state index contributed by atoms with van der Waals surface area (Å²) >= 11 is 0. The van der Waals surface area contributed by atoms with Crippen LogP contribution >= 0.6 is 0 Å². The summed E-state index contributed by atoms with van der Waals surface area (Å²) in [6.07, 6.45) is 1.40. The molecule has 1 unspecified atom stereocenters. The van der Waals surface area contributed by atoms with Gasteiger partial charge in [-0.3, -0.25) is 4.79 Å². The second-order valence-electron chi connectivity index (χ2n) is 9.62. The van der Waals surface area contributed by atoms with Crippen molar-refractivity contribution in [2.45, 2.75) is 18.9 Å². The molecule has 0 fully saturated rings. The predicted octanol–water partition coefficient (Wildman–Crippen LogP) is 5.88. The van der Waals surface area contributed by atoms with Crippen molar-refractivity contribution >= 4 is 17.3 Å². The van der Waals surface area contributed by atoms with Gasteiger partial charge in [0.15, 0.2) is 0 Å². The normalized spacial score (nSPS) is 13.2. The molecule has 1 atom stereocenters. The number of amides is 1. The van der Waals surface area contributed by atoms with Crippen LogP contribution in [0.25, 0.3) is 11.1 Å². The summed E-state index contributed by atoms with van der Waals surface area (Å²) in [4.78, 5) is 17.5. The highest BCUT2D eigenvalue weighted by molar-refractivity contribution is 5.79. The molecule has 0 aliphatic carbocycles. The Balaban J connectivity index is 1.29. The molecule has 0 aromatic heterocycles. The van der Waals surface area contributed by atoms with Crippen molar-refractivity contribution < 1.29 is 4.79 Å². The van der Waals surface area contributed by atoms with E-state index in [0.717, 1.165) is 24.1 Å². The first kappa shape index (κ1) is 23.7. The molecule has 1 aliphatic heterocycles. The summed E-state index contributed by atoms with van der Waals surface area (Å²) in [6.45, 7) is 1.52. The molecule has 36 heavy (non-hydrogen) atoms. The van der Waals surface area contributed by atoms with Crippen molar-refractivity contribution in [2.75, 3.05) is 37.0 Å². The molecule has 1 aliphatic rings. The van der Waals surface area contributed by atoms with Crippen LogP contribution in [0.15, 0.2) is 103 Å². The van der Waals surface area contributed by atoms with Gasteiger partial charge in [0, 0.05) is 38.6 Å². The summed E-state index contributed by atoms with van der Waals surface area (Å²) in [6, 6.07) is 36.0. The van der Waals surface area contributed by atoms with E-state index in [4.69, 9.17) is 0 Å². The second-order valence-corrected chi connectivity index (χ2v) is 9.62. The quantitative estimate of drug-likeness (QED) is 0.346. The smallest absolute Gasteiger partial charge is 0.224 e. The first-order valence-corrected chi connectivity index (χ1v) is 12.6. The average Bonchev–Trinajstić information content (AvgIpc) is 3.34. The van der Waals surface area contributed by atoms with E-state index in [2.05, 4.69) is 114 Å². The van der Waals surface area contributed by atoms with Gasteiger partial charge in [0.25, 0.3) is 0 Å². The number of fused-ring (bicyclic) bond motifs is 1. The molecule has 182 valence electrons. The highest BCUT2D eigenvalue weighted by Gasteiger charge is 2.27. The fourth-order valence-corrected chi connectivity index (χ4v) is 4.99. The molecule has 1 N–H and O–H groups in total. The van der Waals surface area contributed by atoms with Gasteiger partial charge in [-0.15, -0.1) is 0 Å². The lowest BCUT2D eigenvalue weighted by atomic mass is 10.0. The van der Waals surface area contributed by atoms with Gasteiger partial charge in [-0.25, -0.2) is 0 Å². The summed E-state index contributed by atoms with van der Waals surface area (Å²) in [5.41, 5.74) is 8.39. The fourth-order valence-electron chi connectivity index (χ4n) is 4.99. The molecule has 4 aromatic carbocycles. The van der Waals surface area contributed by atoms with E-state index in [9.17, 15) is 4.79 Å². The van der Waals surface area contributed by atoms with Crippen LogP contribution in [-0.2, 0) is 17.6 Å². The standard InChI is InChI=1S/C32H33N3O/c1-34(2)29-18-16-28(17-19-29)31(35-21-20-27-10-6-7-11-30(27)35)23-33-32(36)22-24-12-14-26(15-13-24)25-8-4-3-5-9-25/h3-19,31H,20-23H2,1-2H3,(H,33,36). The molecule has 0 bridgehead atoms. The van der Waals surface area contributed by atoms with Crippen LogP contribution < -0.4 is 15.1 Å². The molecule has 0 saturated heterocycles. The number of benzene rings is 4. The van der Waals surface area contributed by atoms with E-state index >= 15 is 0 Å². The Hall–Kier alpha value is -4.05. The van der Waals surface area contributed by atoms with E-state index in [1.54, 1.807) is 0 Å². The third-order valence-electron chi connectivity index (χ3n) is 7.01. The SMILES string of the molecule is CN(C)c1ccc(C(CNC(=O)Cc2ccc(-c3ccccc3)cc2)N2CCc3ccccc32)cc1. The Bertz CT molecular complexity index is 1300. The van der Waals surface area contributed by atoms with Crippen molar-refractivity contribution in [3.63, 3.8) is 0 Å². The molecule has 5 rings (SSSR count). The van der Waals surface area contributed by atoms with Gasteiger partial charge in [-0.2, -0.15) is 0 Å². The lowest BCUT2D eigenvalue weighted by Crippen LogP contribution is -2.38. The highest BCUT2D eigenvalue weighted by Crippen LogP contribution is 2.35. The Morgan fingerprint density at radius 3 is 2.22 bits per heavy atom. The van der Waals surface area contributed by atoms with Crippen molar-refractivity contribution in [2.24, 2.45) is 0 Å². The first-order valence-electron chi connectivity index (χ1n) is 12.6. The fraction of sp³-hybridized carbons (Fsp3) is 0.219. The van der Waals surface area contributed by atoms with Gasteiger partial charge in [0.2, 0.25) is 5.91 Å². The Labute approximate surface area is 214 Å². The number of carbonyl (C=O) groups is 1. The molecule has 0 saturated carbocycles. The van der Waals surface area contributed by atoms with Crippen LogP contribution in [0.5, 0.6) is 0 Å². The maximum Gasteiger partial charge on any atom is 0.224 e. The molecule has 4 aromatic rings. The van der Waals surface area contributed by atoms with Gasteiger partial charge in [-0.1, -0.05) is 84.9 Å². The zero-order valence-corrected chi connectivity index (χ0v) is 21.0. The van der Waals surface area contributed by atoms with Crippen molar-refractivity contribution in [3.8, 4) is 11.1 Å².